The standard InChI is InChI=1S/C25H25N3O5/c1-17(2)21-13-12-20(14-18(21)3)33-23-10-6-4-8-19(23)15-26-27-25(29)16-32-24-11-7-5-9-22(24)28(30)31/h4-15,17H,16H2,1-3H3,(H,27,29)/b26-15-. The van der Waals surface area contributed by atoms with Crippen LogP contribution in [0.2, 0.25) is 0 Å². The van der Waals surface area contributed by atoms with Gasteiger partial charge < -0.3 is 9.47 Å². The van der Waals surface area contributed by atoms with E-state index in [1.54, 1.807) is 6.07 Å². The zero-order valence-electron chi connectivity index (χ0n) is 18.6. The van der Waals surface area contributed by atoms with Crippen LogP contribution in [0.4, 0.5) is 5.69 Å². The average molecular weight is 447 g/mol. The number of aryl methyl sites for hydroxylation is 1. The van der Waals surface area contributed by atoms with E-state index < -0.39 is 17.4 Å². The third kappa shape index (κ3) is 6.39. The fraction of sp³-hybridized carbons (Fsp3) is 0.200. The van der Waals surface area contributed by atoms with E-state index >= 15 is 0 Å². The summed E-state index contributed by atoms with van der Waals surface area (Å²) in [6, 6.07) is 19.1. The SMILES string of the molecule is Cc1cc(Oc2ccccc2/C=N\NC(=O)COc2ccccc2[N+](=O)[O-])ccc1C(C)C. The molecule has 3 aromatic rings. The van der Waals surface area contributed by atoms with Crippen molar-refractivity contribution in [2.75, 3.05) is 6.61 Å². The molecule has 1 N–H and O–H groups in total. The van der Waals surface area contributed by atoms with Crippen molar-refractivity contribution in [2.24, 2.45) is 5.10 Å². The number of hydrogen-bond acceptors (Lipinski definition) is 6. The fourth-order valence-electron chi connectivity index (χ4n) is 3.25. The smallest absolute Gasteiger partial charge is 0.310 e. The Bertz CT molecular complexity index is 1170. The molecule has 0 radical (unpaired) electrons. The lowest BCUT2D eigenvalue weighted by atomic mass is 9.98. The van der Waals surface area contributed by atoms with Gasteiger partial charge in [-0.2, -0.15) is 5.10 Å². The maximum Gasteiger partial charge on any atom is 0.310 e. The van der Waals surface area contributed by atoms with Crippen molar-refractivity contribution < 1.29 is 19.2 Å². The lowest BCUT2D eigenvalue weighted by molar-refractivity contribution is -0.385. The number of hydrazone groups is 1. The van der Waals surface area contributed by atoms with Crippen LogP contribution in [0.25, 0.3) is 0 Å². The highest BCUT2D eigenvalue weighted by Gasteiger charge is 2.14. The molecule has 1 amide bonds. The number of carbonyl (C=O) groups is 1. The third-order valence-electron chi connectivity index (χ3n) is 4.82. The van der Waals surface area contributed by atoms with Crippen molar-refractivity contribution in [3.8, 4) is 17.2 Å². The highest BCUT2D eigenvalue weighted by molar-refractivity contribution is 5.85. The zero-order valence-corrected chi connectivity index (χ0v) is 18.6. The first-order valence-electron chi connectivity index (χ1n) is 10.4. The first-order chi connectivity index (χ1) is 15.8. The first-order valence-corrected chi connectivity index (χ1v) is 10.4. The van der Waals surface area contributed by atoms with Crippen LogP contribution in [-0.2, 0) is 4.79 Å². The summed E-state index contributed by atoms with van der Waals surface area (Å²) < 4.78 is 11.3. The van der Waals surface area contributed by atoms with Gasteiger partial charge in [-0.25, -0.2) is 5.43 Å². The maximum atomic E-state index is 12.0. The Kier molecular flexibility index (Phi) is 7.75. The Morgan fingerprint density at radius 3 is 2.48 bits per heavy atom. The lowest BCUT2D eigenvalue weighted by Gasteiger charge is -2.13. The summed E-state index contributed by atoms with van der Waals surface area (Å²) in [5.41, 5.74) is 5.23. The normalized spacial score (nSPS) is 10.9. The summed E-state index contributed by atoms with van der Waals surface area (Å²) in [6.45, 7) is 5.93. The molecule has 0 fully saturated rings. The minimum atomic E-state index is -0.569. The fourth-order valence-corrected chi connectivity index (χ4v) is 3.25. The van der Waals surface area contributed by atoms with Crippen molar-refractivity contribution >= 4 is 17.8 Å². The van der Waals surface area contributed by atoms with Crippen LogP contribution in [0.1, 0.15) is 36.5 Å². The highest BCUT2D eigenvalue weighted by Crippen LogP contribution is 2.28. The molecule has 0 saturated carbocycles. The second-order valence-electron chi connectivity index (χ2n) is 7.62. The van der Waals surface area contributed by atoms with Crippen molar-refractivity contribution in [1.29, 1.82) is 0 Å². The summed E-state index contributed by atoms with van der Waals surface area (Å²) in [7, 11) is 0. The van der Waals surface area contributed by atoms with Gasteiger partial charge in [-0.3, -0.25) is 14.9 Å². The molecule has 0 spiro atoms. The van der Waals surface area contributed by atoms with Gasteiger partial charge in [0.15, 0.2) is 12.4 Å². The molecule has 0 aliphatic rings. The average Bonchev–Trinajstić information content (AvgIpc) is 2.79. The van der Waals surface area contributed by atoms with Crippen LogP contribution in [0.3, 0.4) is 0 Å². The second-order valence-corrected chi connectivity index (χ2v) is 7.62. The Morgan fingerprint density at radius 2 is 1.79 bits per heavy atom. The van der Waals surface area contributed by atoms with E-state index in [1.165, 1.54) is 30.0 Å². The van der Waals surface area contributed by atoms with Crippen LogP contribution in [0.5, 0.6) is 17.2 Å². The molecule has 0 aliphatic carbocycles. The minimum Gasteiger partial charge on any atom is -0.477 e. The van der Waals surface area contributed by atoms with Gasteiger partial charge in [-0.15, -0.1) is 0 Å². The molecule has 170 valence electrons. The largest absolute Gasteiger partial charge is 0.477 e. The summed E-state index contributed by atoms with van der Waals surface area (Å²) in [4.78, 5) is 22.5. The van der Waals surface area contributed by atoms with Crippen LogP contribution in [0.15, 0.2) is 71.8 Å². The molecule has 3 aromatic carbocycles. The Morgan fingerprint density at radius 1 is 1.09 bits per heavy atom. The number of ether oxygens (including phenoxy) is 2. The summed E-state index contributed by atoms with van der Waals surface area (Å²) in [5.74, 6) is 1.18. The number of amides is 1. The van der Waals surface area contributed by atoms with E-state index in [9.17, 15) is 14.9 Å². The van der Waals surface area contributed by atoms with Crippen LogP contribution in [-0.4, -0.2) is 23.7 Å². The van der Waals surface area contributed by atoms with Crippen molar-refractivity contribution in [3.63, 3.8) is 0 Å². The second kappa shape index (κ2) is 10.9. The number of nitrogens with one attached hydrogen (secondary N) is 1. The van der Waals surface area contributed by atoms with Gasteiger partial charge in [0.25, 0.3) is 5.91 Å². The van der Waals surface area contributed by atoms with Gasteiger partial charge in [-0.1, -0.05) is 44.2 Å². The molecule has 0 aromatic heterocycles. The molecule has 8 heteroatoms. The first kappa shape index (κ1) is 23.5. The van der Waals surface area contributed by atoms with Gasteiger partial charge in [0.05, 0.1) is 11.1 Å². The number of carbonyl (C=O) groups excluding carboxylic acids is 1. The molecular formula is C25H25N3O5. The van der Waals surface area contributed by atoms with Crippen LogP contribution >= 0.6 is 0 Å². The van der Waals surface area contributed by atoms with Gasteiger partial charge in [-0.05, 0) is 54.3 Å². The predicted molar refractivity (Wildman–Crippen MR) is 126 cm³/mol. The monoisotopic (exact) mass is 447 g/mol. The van der Waals surface area contributed by atoms with Gasteiger partial charge in [0, 0.05) is 11.6 Å². The molecule has 0 heterocycles. The minimum absolute atomic E-state index is 0.0131. The van der Waals surface area contributed by atoms with Crippen LogP contribution in [0, 0.1) is 17.0 Å². The summed E-state index contributed by atoms with van der Waals surface area (Å²) >= 11 is 0. The number of nitro benzene ring substituents is 1. The number of para-hydroxylation sites is 3. The molecule has 3 rings (SSSR count). The van der Waals surface area contributed by atoms with E-state index in [4.69, 9.17) is 9.47 Å². The lowest BCUT2D eigenvalue weighted by Crippen LogP contribution is -2.24. The van der Waals surface area contributed by atoms with Gasteiger partial charge >= 0.3 is 5.69 Å². The topological polar surface area (TPSA) is 103 Å². The third-order valence-corrected chi connectivity index (χ3v) is 4.82. The number of rotatable bonds is 9. The number of nitro groups is 1. The molecule has 0 saturated heterocycles. The molecule has 33 heavy (non-hydrogen) atoms. The van der Waals surface area contributed by atoms with E-state index in [1.807, 2.05) is 36.4 Å². The van der Waals surface area contributed by atoms with Gasteiger partial charge in [0.2, 0.25) is 0 Å². The van der Waals surface area contributed by atoms with Crippen molar-refractivity contribution in [3.05, 3.63) is 93.5 Å². The number of benzene rings is 3. The Labute approximate surface area is 192 Å². The molecular weight excluding hydrogens is 422 g/mol. The molecule has 0 atom stereocenters. The number of hydrogen-bond donors (Lipinski definition) is 1. The molecule has 8 nitrogen and oxygen atoms in total. The van der Waals surface area contributed by atoms with E-state index in [0.29, 0.717) is 23.0 Å². The molecule has 0 aliphatic heterocycles. The van der Waals surface area contributed by atoms with Crippen LogP contribution < -0.4 is 14.9 Å². The predicted octanol–water partition coefficient (Wildman–Crippen LogP) is 5.35. The zero-order chi connectivity index (χ0) is 23.8. The van der Waals surface area contributed by atoms with Crippen molar-refractivity contribution in [1.82, 2.24) is 5.43 Å². The van der Waals surface area contributed by atoms with E-state index in [0.717, 1.165) is 5.56 Å². The van der Waals surface area contributed by atoms with Crippen molar-refractivity contribution in [2.45, 2.75) is 26.7 Å². The van der Waals surface area contributed by atoms with E-state index in [-0.39, 0.29) is 11.4 Å². The molecule has 0 unspecified atom stereocenters. The van der Waals surface area contributed by atoms with Gasteiger partial charge in [0.1, 0.15) is 11.5 Å². The maximum absolute atomic E-state index is 12.0. The summed E-state index contributed by atoms with van der Waals surface area (Å²) in [6.07, 6.45) is 1.47. The summed E-state index contributed by atoms with van der Waals surface area (Å²) in [5, 5.41) is 15.0. The Balaban J connectivity index is 1.61. The highest BCUT2D eigenvalue weighted by atomic mass is 16.6. The molecule has 0 bridgehead atoms. The van der Waals surface area contributed by atoms with E-state index in [2.05, 4.69) is 37.4 Å². The Hall–Kier alpha value is -4.20. The number of nitrogens with zero attached hydrogens (tertiary/aromatic N) is 2. The quantitative estimate of drug-likeness (QED) is 0.271.